The first kappa shape index (κ1) is 14.0. The normalized spacial score (nSPS) is 11.4. The van der Waals surface area contributed by atoms with Crippen molar-refractivity contribution in [2.45, 2.75) is 5.92 Å². The molecule has 0 aliphatic heterocycles. The van der Waals surface area contributed by atoms with Crippen LogP contribution in [0, 0.1) is 17.1 Å². The second-order valence-corrected chi connectivity index (χ2v) is 4.56. The van der Waals surface area contributed by atoms with Crippen molar-refractivity contribution in [3.63, 3.8) is 0 Å². The van der Waals surface area contributed by atoms with E-state index in [9.17, 15) is 9.18 Å². The van der Waals surface area contributed by atoms with E-state index in [0.717, 1.165) is 12.1 Å². The average molecular weight is 289 g/mol. The highest BCUT2D eigenvalue weighted by molar-refractivity contribution is 6.30. The fraction of sp³-hybridized carbons (Fsp3) is 0.0667. The lowest BCUT2D eigenvalue weighted by Crippen LogP contribution is -2.20. The van der Waals surface area contributed by atoms with E-state index in [1.54, 1.807) is 30.3 Å². The molecule has 0 radical (unpaired) electrons. The molecule has 3 nitrogen and oxygen atoms in total. The highest BCUT2D eigenvalue weighted by Gasteiger charge is 2.20. The number of hydrogen-bond donors (Lipinski definition) is 1. The zero-order chi connectivity index (χ0) is 14.5. The molecule has 1 N–H and O–H groups in total. The predicted molar refractivity (Wildman–Crippen MR) is 74.8 cm³/mol. The van der Waals surface area contributed by atoms with Gasteiger partial charge in [-0.2, -0.15) is 5.26 Å². The number of anilines is 1. The molecule has 0 aliphatic carbocycles. The minimum absolute atomic E-state index is 0.175. The standard InChI is InChI=1S/C15H10ClFN2O/c16-11-6-12(17)8-13(7-11)19-15(20)14(9-18)10-4-2-1-3-5-10/h1-8,14H,(H,19,20). The Hall–Kier alpha value is -2.38. The first-order chi connectivity index (χ1) is 9.60. The maximum Gasteiger partial charge on any atom is 0.246 e. The lowest BCUT2D eigenvalue weighted by atomic mass is 10.00. The molecule has 0 saturated heterocycles. The maximum atomic E-state index is 13.2. The molecule has 1 atom stereocenters. The van der Waals surface area contributed by atoms with E-state index in [2.05, 4.69) is 5.32 Å². The third kappa shape index (κ3) is 3.34. The molecule has 1 unspecified atom stereocenters. The SMILES string of the molecule is N#CC(C(=O)Nc1cc(F)cc(Cl)c1)c1ccccc1. The van der Waals surface area contributed by atoms with E-state index in [1.807, 2.05) is 6.07 Å². The Labute approximate surface area is 120 Å². The number of carbonyl (C=O) groups excluding carboxylic acids is 1. The van der Waals surface area contributed by atoms with Gasteiger partial charge in [0.1, 0.15) is 5.82 Å². The van der Waals surface area contributed by atoms with E-state index in [0.29, 0.717) is 5.56 Å². The highest BCUT2D eigenvalue weighted by Crippen LogP contribution is 2.21. The Balaban J connectivity index is 2.20. The van der Waals surface area contributed by atoms with Crippen LogP contribution in [0.5, 0.6) is 0 Å². The molecule has 2 aromatic rings. The van der Waals surface area contributed by atoms with Gasteiger partial charge in [-0.15, -0.1) is 0 Å². The summed E-state index contributed by atoms with van der Waals surface area (Å²) in [5.41, 5.74) is 0.797. The first-order valence-electron chi connectivity index (χ1n) is 5.81. The van der Waals surface area contributed by atoms with Crippen molar-refractivity contribution >= 4 is 23.2 Å². The Morgan fingerprint density at radius 1 is 1.25 bits per heavy atom. The number of benzene rings is 2. The summed E-state index contributed by atoms with van der Waals surface area (Å²) in [5.74, 6) is -2.04. The largest absolute Gasteiger partial charge is 0.324 e. The summed E-state index contributed by atoms with van der Waals surface area (Å²) in [6.07, 6.45) is 0. The highest BCUT2D eigenvalue weighted by atomic mass is 35.5. The van der Waals surface area contributed by atoms with Gasteiger partial charge in [0, 0.05) is 10.7 Å². The second kappa shape index (κ2) is 6.18. The van der Waals surface area contributed by atoms with Crippen LogP contribution in [0.2, 0.25) is 5.02 Å². The minimum atomic E-state index is -0.960. The van der Waals surface area contributed by atoms with Gasteiger partial charge in [-0.1, -0.05) is 41.9 Å². The molecular formula is C15H10ClFN2O. The van der Waals surface area contributed by atoms with Crippen molar-refractivity contribution in [3.8, 4) is 6.07 Å². The summed E-state index contributed by atoms with van der Waals surface area (Å²) < 4.78 is 13.2. The van der Waals surface area contributed by atoms with E-state index >= 15 is 0 Å². The molecule has 0 fully saturated rings. The monoisotopic (exact) mass is 288 g/mol. The third-order valence-electron chi connectivity index (χ3n) is 2.65. The summed E-state index contributed by atoms with van der Waals surface area (Å²) in [6, 6.07) is 14.3. The lowest BCUT2D eigenvalue weighted by Gasteiger charge is -2.10. The van der Waals surface area contributed by atoms with Crippen LogP contribution < -0.4 is 5.32 Å². The Bertz CT molecular complexity index is 647. The zero-order valence-electron chi connectivity index (χ0n) is 10.3. The van der Waals surface area contributed by atoms with Crippen molar-refractivity contribution < 1.29 is 9.18 Å². The van der Waals surface area contributed by atoms with Crippen LogP contribution in [-0.4, -0.2) is 5.91 Å². The third-order valence-corrected chi connectivity index (χ3v) is 2.87. The van der Waals surface area contributed by atoms with Crippen LogP contribution in [-0.2, 0) is 4.79 Å². The molecule has 0 aromatic heterocycles. The molecule has 5 heteroatoms. The van der Waals surface area contributed by atoms with Crippen LogP contribution in [0.4, 0.5) is 10.1 Å². The van der Waals surface area contributed by atoms with Gasteiger partial charge in [0.25, 0.3) is 0 Å². The summed E-state index contributed by atoms with van der Waals surface area (Å²) in [5, 5.41) is 11.8. The molecular weight excluding hydrogens is 279 g/mol. The lowest BCUT2D eigenvalue weighted by molar-refractivity contribution is -0.116. The van der Waals surface area contributed by atoms with E-state index < -0.39 is 17.6 Å². The fourth-order valence-electron chi connectivity index (χ4n) is 1.77. The van der Waals surface area contributed by atoms with Crippen LogP contribution in [0.15, 0.2) is 48.5 Å². The predicted octanol–water partition coefficient (Wildman–Crippen LogP) is 3.72. The topological polar surface area (TPSA) is 52.9 Å². The summed E-state index contributed by atoms with van der Waals surface area (Å²) in [6.45, 7) is 0. The van der Waals surface area contributed by atoms with Crippen molar-refractivity contribution in [1.29, 1.82) is 5.26 Å². The van der Waals surface area contributed by atoms with E-state index in [-0.39, 0.29) is 10.7 Å². The molecule has 2 aromatic carbocycles. The van der Waals surface area contributed by atoms with Gasteiger partial charge in [-0.3, -0.25) is 4.79 Å². The van der Waals surface area contributed by atoms with E-state index in [1.165, 1.54) is 6.07 Å². The van der Waals surface area contributed by atoms with Crippen LogP contribution >= 0.6 is 11.6 Å². The van der Waals surface area contributed by atoms with Gasteiger partial charge in [0.15, 0.2) is 5.92 Å². The molecule has 0 bridgehead atoms. The van der Waals surface area contributed by atoms with Gasteiger partial charge in [0.2, 0.25) is 5.91 Å². The Kier molecular flexibility index (Phi) is 4.34. The number of nitriles is 1. The summed E-state index contributed by atoms with van der Waals surface area (Å²) in [4.78, 5) is 12.1. The average Bonchev–Trinajstić information content (AvgIpc) is 2.39. The summed E-state index contributed by atoms with van der Waals surface area (Å²) >= 11 is 5.71. The van der Waals surface area contributed by atoms with Gasteiger partial charge in [-0.25, -0.2) is 4.39 Å². The quantitative estimate of drug-likeness (QED) is 0.935. The summed E-state index contributed by atoms with van der Waals surface area (Å²) in [7, 11) is 0. The minimum Gasteiger partial charge on any atom is -0.324 e. The van der Waals surface area contributed by atoms with Crippen molar-refractivity contribution in [3.05, 3.63) is 64.9 Å². The van der Waals surface area contributed by atoms with E-state index in [4.69, 9.17) is 16.9 Å². The van der Waals surface area contributed by atoms with Gasteiger partial charge in [-0.05, 0) is 23.8 Å². The number of amides is 1. The van der Waals surface area contributed by atoms with Crippen LogP contribution in [0.25, 0.3) is 0 Å². The smallest absolute Gasteiger partial charge is 0.246 e. The van der Waals surface area contributed by atoms with Crippen molar-refractivity contribution in [2.24, 2.45) is 0 Å². The Morgan fingerprint density at radius 3 is 2.55 bits per heavy atom. The number of nitrogens with one attached hydrogen (secondary N) is 1. The van der Waals surface area contributed by atoms with Gasteiger partial charge in [0.05, 0.1) is 6.07 Å². The molecule has 0 saturated carbocycles. The second-order valence-electron chi connectivity index (χ2n) is 4.12. The molecule has 20 heavy (non-hydrogen) atoms. The van der Waals surface area contributed by atoms with Crippen molar-refractivity contribution in [1.82, 2.24) is 0 Å². The molecule has 1 amide bonds. The Morgan fingerprint density at radius 2 is 1.95 bits per heavy atom. The number of carbonyl (C=O) groups is 1. The molecule has 0 aliphatic rings. The molecule has 0 spiro atoms. The van der Waals surface area contributed by atoms with Gasteiger partial charge < -0.3 is 5.32 Å². The number of hydrogen-bond acceptors (Lipinski definition) is 2. The number of rotatable bonds is 3. The van der Waals surface area contributed by atoms with Crippen molar-refractivity contribution in [2.75, 3.05) is 5.32 Å². The number of nitrogens with zero attached hydrogens (tertiary/aromatic N) is 1. The maximum absolute atomic E-state index is 13.2. The fourth-order valence-corrected chi connectivity index (χ4v) is 1.99. The molecule has 2 rings (SSSR count). The molecule has 0 heterocycles. The van der Waals surface area contributed by atoms with Gasteiger partial charge >= 0.3 is 0 Å². The van der Waals surface area contributed by atoms with Crippen LogP contribution in [0.3, 0.4) is 0 Å². The molecule has 100 valence electrons. The van der Waals surface area contributed by atoms with Crippen LogP contribution in [0.1, 0.15) is 11.5 Å². The zero-order valence-corrected chi connectivity index (χ0v) is 11.1. The number of halogens is 2. The first-order valence-corrected chi connectivity index (χ1v) is 6.19.